The second kappa shape index (κ2) is 4.23. The second-order valence-electron chi connectivity index (χ2n) is 3.19. The van der Waals surface area contributed by atoms with Gasteiger partial charge in [0.15, 0.2) is 0 Å². The highest BCUT2D eigenvalue weighted by Crippen LogP contribution is 2.11. The molecule has 0 aliphatic carbocycles. The van der Waals surface area contributed by atoms with Crippen LogP contribution in [0.1, 0.15) is 6.42 Å². The molecule has 5 nitrogen and oxygen atoms in total. The van der Waals surface area contributed by atoms with Crippen molar-refractivity contribution in [3.05, 3.63) is 0 Å². The predicted octanol–water partition coefficient (Wildman–Crippen LogP) is -1.43. The van der Waals surface area contributed by atoms with Gasteiger partial charge in [-0.25, -0.2) is 0 Å². The molecule has 1 aliphatic heterocycles. The molecule has 0 aromatic heterocycles. The Balaban J connectivity index is 2.43. The van der Waals surface area contributed by atoms with E-state index in [1.165, 1.54) is 4.90 Å². The lowest BCUT2D eigenvalue weighted by Crippen LogP contribution is -2.35. The summed E-state index contributed by atoms with van der Waals surface area (Å²) in [5, 5.41) is 11.2. The molecule has 74 valence electrons. The number of aliphatic hydroxyl groups is 1. The zero-order valence-electron chi connectivity index (χ0n) is 7.62. The summed E-state index contributed by atoms with van der Waals surface area (Å²) in [6, 6.07) is 0. The largest absolute Gasteiger partial charge is 0.395 e. The minimum atomic E-state index is -0.246. The molecule has 0 radical (unpaired) electrons. The third-order valence-electron chi connectivity index (χ3n) is 2.14. The third kappa shape index (κ3) is 2.42. The summed E-state index contributed by atoms with van der Waals surface area (Å²) in [5.74, 6) is -0.396. The molecule has 0 spiro atoms. The van der Waals surface area contributed by atoms with Crippen LogP contribution < -0.4 is 5.32 Å². The average Bonchev–Trinajstić information content (AvgIpc) is 2.51. The molecular weight excluding hydrogens is 172 g/mol. The fraction of sp³-hybridized carbons (Fsp3) is 0.750. The van der Waals surface area contributed by atoms with Crippen molar-refractivity contribution in [1.82, 2.24) is 10.2 Å². The third-order valence-corrected chi connectivity index (χ3v) is 2.14. The maximum Gasteiger partial charge on any atom is 0.227 e. The second-order valence-corrected chi connectivity index (χ2v) is 3.19. The van der Waals surface area contributed by atoms with Crippen LogP contribution in [0.3, 0.4) is 0 Å². The maximum atomic E-state index is 11.5. The zero-order chi connectivity index (χ0) is 9.84. The van der Waals surface area contributed by atoms with Crippen molar-refractivity contribution in [3.63, 3.8) is 0 Å². The molecule has 1 atom stereocenters. The molecule has 5 heteroatoms. The van der Waals surface area contributed by atoms with Gasteiger partial charge in [0.25, 0.3) is 0 Å². The Morgan fingerprint density at radius 3 is 2.92 bits per heavy atom. The summed E-state index contributed by atoms with van der Waals surface area (Å²) < 4.78 is 0. The van der Waals surface area contributed by atoms with Gasteiger partial charge in [-0.2, -0.15) is 0 Å². The van der Waals surface area contributed by atoms with Gasteiger partial charge in [0.2, 0.25) is 11.8 Å². The molecule has 1 unspecified atom stereocenters. The van der Waals surface area contributed by atoms with E-state index in [9.17, 15) is 9.59 Å². The van der Waals surface area contributed by atoms with E-state index < -0.39 is 0 Å². The van der Waals surface area contributed by atoms with Gasteiger partial charge in [0, 0.05) is 26.6 Å². The number of amides is 2. The number of carbonyl (C=O) groups excluding carboxylic acids is 2. The van der Waals surface area contributed by atoms with Crippen LogP contribution in [0.25, 0.3) is 0 Å². The quantitative estimate of drug-likeness (QED) is 0.568. The number of hydrogen-bond acceptors (Lipinski definition) is 3. The van der Waals surface area contributed by atoms with Gasteiger partial charge in [-0.3, -0.25) is 9.59 Å². The van der Waals surface area contributed by atoms with E-state index in [0.717, 1.165) is 0 Å². The van der Waals surface area contributed by atoms with E-state index in [-0.39, 0.29) is 30.8 Å². The van der Waals surface area contributed by atoms with E-state index in [1.54, 1.807) is 7.05 Å². The minimum absolute atomic E-state index is 0.0453. The Kier molecular flexibility index (Phi) is 3.25. The van der Waals surface area contributed by atoms with Crippen molar-refractivity contribution in [2.75, 3.05) is 26.7 Å². The zero-order valence-corrected chi connectivity index (χ0v) is 7.62. The minimum Gasteiger partial charge on any atom is -0.395 e. The van der Waals surface area contributed by atoms with Crippen molar-refractivity contribution < 1.29 is 14.7 Å². The van der Waals surface area contributed by atoms with Crippen LogP contribution in [-0.4, -0.2) is 48.6 Å². The van der Waals surface area contributed by atoms with Crippen LogP contribution >= 0.6 is 0 Å². The van der Waals surface area contributed by atoms with Crippen LogP contribution in [0, 0.1) is 5.92 Å². The fourth-order valence-electron chi connectivity index (χ4n) is 1.35. The first-order chi connectivity index (χ1) is 6.15. The van der Waals surface area contributed by atoms with E-state index in [2.05, 4.69) is 5.32 Å². The van der Waals surface area contributed by atoms with Gasteiger partial charge in [0.05, 0.1) is 12.5 Å². The molecule has 1 heterocycles. The lowest BCUT2D eigenvalue weighted by molar-refractivity contribution is -0.134. The number of aliphatic hydroxyl groups excluding tert-OH is 1. The molecule has 1 saturated heterocycles. The van der Waals surface area contributed by atoms with Gasteiger partial charge in [0.1, 0.15) is 0 Å². The molecule has 0 aromatic carbocycles. The lowest BCUT2D eigenvalue weighted by Gasteiger charge is -2.18. The number of nitrogens with one attached hydrogen (secondary N) is 1. The lowest BCUT2D eigenvalue weighted by atomic mass is 10.1. The predicted molar refractivity (Wildman–Crippen MR) is 45.8 cm³/mol. The van der Waals surface area contributed by atoms with E-state index in [1.807, 2.05) is 0 Å². The van der Waals surface area contributed by atoms with Crippen LogP contribution in [0.4, 0.5) is 0 Å². The molecule has 0 saturated carbocycles. The van der Waals surface area contributed by atoms with E-state index in [0.29, 0.717) is 13.1 Å². The van der Waals surface area contributed by atoms with Crippen LogP contribution in [0.5, 0.6) is 0 Å². The highest BCUT2D eigenvalue weighted by molar-refractivity contribution is 5.89. The van der Waals surface area contributed by atoms with E-state index >= 15 is 0 Å². The molecule has 1 fully saturated rings. The molecular formula is C8H14N2O3. The first-order valence-electron chi connectivity index (χ1n) is 4.27. The van der Waals surface area contributed by atoms with Crippen molar-refractivity contribution in [1.29, 1.82) is 0 Å². The first kappa shape index (κ1) is 9.98. The van der Waals surface area contributed by atoms with Gasteiger partial charge < -0.3 is 15.3 Å². The average molecular weight is 186 g/mol. The Labute approximate surface area is 76.7 Å². The Hall–Kier alpha value is -1.10. The topological polar surface area (TPSA) is 69.6 Å². The van der Waals surface area contributed by atoms with Crippen molar-refractivity contribution in [2.45, 2.75) is 6.42 Å². The van der Waals surface area contributed by atoms with Crippen LogP contribution in [0.15, 0.2) is 0 Å². The highest BCUT2D eigenvalue weighted by Gasteiger charge is 2.29. The summed E-state index contributed by atoms with van der Waals surface area (Å²) >= 11 is 0. The standard InChI is InChI=1S/C8H14N2O3/c1-10(2-3-11)8(13)6-4-7(12)9-5-6/h6,11H,2-5H2,1H3,(H,9,12). The molecule has 0 bridgehead atoms. The molecule has 2 amide bonds. The molecule has 0 aromatic rings. The highest BCUT2D eigenvalue weighted by atomic mass is 16.3. The molecule has 1 aliphatic rings. The first-order valence-corrected chi connectivity index (χ1v) is 4.27. The van der Waals surface area contributed by atoms with Crippen LogP contribution in [-0.2, 0) is 9.59 Å². The van der Waals surface area contributed by atoms with Crippen LogP contribution in [0.2, 0.25) is 0 Å². The number of carbonyl (C=O) groups is 2. The number of hydrogen-bond donors (Lipinski definition) is 2. The summed E-state index contributed by atoms with van der Waals surface area (Å²) in [7, 11) is 1.63. The fourth-order valence-corrected chi connectivity index (χ4v) is 1.35. The molecule has 1 rings (SSSR count). The summed E-state index contributed by atoms with van der Waals surface area (Å²) in [6.07, 6.45) is 0.272. The summed E-state index contributed by atoms with van der Waals surface area (Å²) in [5.41, 5.74) is 0. The normalized spacial score (nSPS) is 21.4. The van der Waals surface area contributed by atoms with E-state index in [4.69, 9.17) is 5.11 Å². The van der Waals surface area contributed by atoms with Crippen molar-refractivity contribution in [3.8, 4) is 0 Å². The monoisotopic (exact) mass is 186 g/mol. The number of nitrogens with zero attached hydrogens (tertiary/aromatic N) is 1. The summed E-state index contributed by atoms with van der Waals surface area (Å²) in [4.78, 5) is 23.8. The number of likely N-dealkylation sites (N-methyl/N-ethyl adjacent to an activating group) is 1. The smallest absolute Gasteiger partial charge is 0.227 e. The molecule has 2 N–H and O–H groups in total. The van der Waals surface area contributed by atoms with Crippen molar-refractivity contribution in [2.24, 2.45) is 5.92 Å². The Morgan fingerprint density at radius 1 is 1.77 bits per heavy atom. The number of rotatable bonds is 3. The van der Waals surface area contributed by atoms with Crippen molar-refractivity contribution >= 4 is 11.8 Å². The Bertz CT molecular complexity index is 217. The van der Waals surface area contributed by atoms with Gasteiger partial charge in [-0.15, -0.1) is 0 Å². The SMILES string of the molecule is CN(CCO)C(=O)C1CNC(=O)C1. The summed E-state index contributed by atoms with van der Waals surface area (Å²) in [6.45, 7) is 0.702. The molecule has 13 heavy (non-hydrogen) atoms. The van der Waals surface area contributed by atoms with Gasteiger partial charge in [-0.1, -0.05) is 0 Å². The van der Waals surface area contributed by atoms with Gasteiger partial charge >= 0.3 is 0 Å². The maximum absolute atomic E-state index is 11.5. The van der Waals surface area contributed by atoms with Gasteiger partial charge in [-0.05, 0) is 0 Å². The Morgan fingerprint density at radius 2 is 2.46 bits per heavy atom.